The third-order valence-electron chi connectivity index (χ3n) is 1.73. The number of carbonyl (C=O) groups excluding carboxylic acids is 2. The maximum atomic E-state index is 11.3. The van der Waals surface area contributed by atoms with Gasteiger partial charge in [0.25, 0.3) is 0 Å². The highest BCUT2D eigenvalue weighted by Gasteiger charge is 2.19. The first-order valence-corrected chi connectivity index (χ1v) is 5.73. The van der Waals surface area contributed by atoms with Crippen LogP contribution in [0.25, 0.3) is 0 Å². The van der Waals surface area contributed by atoms with Gasteiger partial charge in [-0.3, -0.25) is 4.79 Å². The van der Waals surface area contributed by atoms with E-state index in [1.807, 2.05) is 12.1 Å². The van der Waals surface area contributed by atoms with Crippen LogP contribution in [0.3, 0.4) is 0 Å². The normalized spacial score (nSPS) is 9.80. The van der Waals surface area contributed by atoms with E-state index < -0.39 is 11.9 Å². The summed E-state index contributed by atoms with van der Waals surface area (Å²) in [5, 5.41) is 0. The summed E-state index contributed by atoms with van der Waals surface area (Å²) >= 11 is 4.85. The average Bonchev–Trinajstić information content (AvgIpc) is 2.61. The highest BCUT2D eigenvalue weighted by atomic mass is 79.9. The van der Waals surface area contributed by atoms with Crippen LogP contribution in [0, 0.1) is 0 Å². The Balaban J connectivity index is 2.59. The molecular weight excluding hydrogens is 282 g/mol. The minimum absolute atomic E-state index is 0.407. The predicted molar refractivity (Wildman–Crippen MR) is 60.5 cm³/mol. The van der Waals surface area contributed by atoms with Gasteiger partial charge in [0.15, 0.2) is 0 Å². The largest absolute Gasteiger partial charge is 0.462 e. The fourth-order valence-electron chi connectivity index (χ4n) is 0.985. The number of rotatable bonds is 2. The van der Waals surface area contributed by atoms with Gasteiger partial charge in [0.1, 0.15) is 0 Å². The lowest BCUT2D eigenvalue weighted by Crippen LogP contribution is -2.33. The molecular formula is C9H10BrNO3S. The van der Waals surface area contributed by atoms with Crippen molar-refractivity contribution in [2.45, 2.75) is 6.54 Å². The predicted octanol–water partition coefficient (Wildman–Crippen LogP) is 1.64. The molecule has 0 N–H and O–H groups in total. The zero-order valence-electron chi connectivity index (χ0n) is 8.32. The Kier molecular flexibility index (Phi) is 4.28. The van der Waals surface area contributed by atoms with Crippen molar-refractivity contribution in [2.24, 2.45) is 0 Å². The smallest absolute Gasteiger partial charge is 0.396 e. The number of methoxy groups -OCH3 is 1. The Morgan fingerprint density at radius 2 is 2.20 bits per heavy atom. The molecule has 0 saturated heterocycles. The molecule has 0 radical (unpaired) electrons. The number of halogens is 1. The van der Waals surface area contributed by atoms with Crippen LogP contribution in [0.1, 0.15) is 4.88 Å². The van der Waals surface area contributed by atoms with E-state index in [-0.39, 0.29) is 0 Å². The van der Waals surface area contributed by atoms with Crippen molar-refractivity contribution in [3.63, 3.8) is 0 Å². The van der Waals surface area contributed by atoms with Crippen LogP contribution in [0.15, 0.2) is 15.9 Å². The summed E-state index contributed by atoms with van der Waals surface area (Å²) in [4.78, 5) is 24.6. The molecule has 0 aliphatic heterocycles. The number of hydrogen-bond acceptors (Lipinski definition) is 4. The fraction of sp³-hybridized carbons (Fsp3) is 0.333. The van der Waals surface area contributed by atoms with Crippen LogP contribution >= 0.6 is 27.3 Å². The van der Waals surface area contributed by atoms with Gasteiger partial charge in [-0.25, -0.2) is 4.79 Å². The summed E-state index contributed by atoms with van der Waals surface area (Å²) in [5.41, 5.74) is 0. The molecule has 82 valence electrons. The Hall–Kier alpha value is -0.880. The Morgan fingerprint density at radius 3 is 2.67 bits per heavy atom. The van der Waals surface area contributed by atoms with E-state index in [2.05, 4.69) is 20.7 Å². The van der Waals surface area contributed by atoms with Crippen LogP contribution in [0.4, 0.5) is 0 Å². The summed E-state index contributed by atoms with van der Waals surface area (Å²) in [6.45, 7) is 0.407. The highest BCUT2D eigenvalue weighted by Crippen LogP contribution is 2.22. The lowest BCUT2D eigenvalue weighted by molar-refractivity contribution is -0.157. The third kappa shape index (κ3) is 3.32. The number of thiophene rings is 1. The molecule has 4 nitrogen and oxygen atoms in total. The SMILES string of the molecule is COC(=O)C(=O)N(C)Cc1ccc(Br)s1. The Bertz CT molecular complexity index is 377. The van der Waals surface area contributed by atoms with E-state index in [4.69, 9.17) is 0 Å². The van der Waals surface area contributed by atoms with Gasteiger partial charge in [0.05, 0.1) is 17.4 Å². The van der Waals surface area contributed by atoms with E-state index >= 15 is 0 Å². The number of amides is 1. The van der Waals surface area contributed by atoms with Gasteiger partial charge < -0.3 is 9.64 Å². The molecule has 6 heteroatoms. The number of likely N-dealkylation sites (N-methyl/N-ethyl adjacent to an activating group) is 1. The Labute approximate surface area is 100.0 Å². The molecule has 1 rings (SSSR count). The summed E-state index contributed by atoms with van der Waals surface area (Å²) in [5.74, 6) is -1.48. The maximum absolute atomic E-state index is 11.3. The zero-order chi connectivity index (χ0) is 11.4. The average molecular weight is 292 g/mol. The van der Waals surface area contributed by atoms with Crippen molar-refractivity contribution in [1.82, 2.24) is 4.90 Å². The second kappa shape index (κ2) is 5.27. The molecule has 0 unspecified atom stereocenters. The molecule has 15 heavy (non-hydrogen) atoms. The number of nitrogens with zero attached hydrogens (tertiary/aromatic N) is 1. The van der Waals surface area contributed by atoms with Crippen molar-refractivity contribution in [3.05, 3.63) is 20.8 Å². The lowest BCUT2D eigenvalue weighted by Gasteiger charge is -2.13. The molecule has 1 aromatic rings. The van der Waals surface area contributed by atoms with E-state index in [9.17, 15) is 9.59 Å². The van der Waals surface area contributed by atoms with E-state index in [1.54, 1.807) is 7.05 Å². The molecule has 0 aliphatic rings. The molecule has 0 aromatic carbocycles. The minimum atomic E-state index is -0.840. The fourth-order valence-corrected chi connectivity index (χ4v) is 2.52. The van der Waals surface area contributed by atoms with Gasteiger partial charge in [-0.1, -0.05) is 0 Å². The van der Waals surface area contributed by atoms with Gasteiger partial charge in [-0.15, -0.1) is 11.3 Å². The van der Waals surface area contributed by atoms with Gasteiger partial charge in [-0.05, 0) is 28.1 Å². The van der Waals surface area contributed by atoms with Gasteiger partial charge in [-0.2, -0.15) is 0 Å². The van der Waals surface area contributed by atoms with Crippen molar-refractivity contribution in [3.8, 4) is 0 Å². The van der Waals surface area contributed by atoms with Crippen LogP contribution < -0.4 is 0 Å². The minimum Gasteiger partial charge on any atom is -0.462 e. The quantitative estimate of drug-likeness (QED) is 0.615. The number of ether oxygens (including phenoxy) is 1. The van der Waals surface area contributed by atoms with E-state index in [0.717, 1.165) is 8.66 Å². The number of esters is 1. The first kappa shape index (κ1) is 12.2. The highest BCUT2D eigenvalue weighted by molar-refractivity contribution is 9.11. The van der Waals surface area contributed by atoms with Crippen LogP contribution in [0.2, 0.25) is 0 Å². The molecule has 0 aliphatic carbocycles. The summed E-state index contributed by atoms with van der Waals surface area (Å²) in [6, 6.07) is 3.80. The number of hydrogen-bond donors (Lipinski definition) is 0. The molecule has 0 saturated carbocycles. The first-order chi connectivity index (χ1) is 7.04. The van der Waals surface area contributed by atoms with E-state index in [0.29, 0.717) is 6.54 Å². The van der Waals surface area contributed by atoms with Crippen LogP contribution in [-0.4, -0.2) is 30.9 Å². The molecule has 0 spiro atoms. The second-order valence-electron chi connectivity index (χ2n) is 2.86. The molecule has 1 heterocycles. The summed E-state index contributed by atoms with van der Waals surface area (Å²) in [6.07, 6.45) is 0. The molecule has 0 atom stereocenters. The Morgan fingerprint density at radius 1 is 1.53 bits per heavy atom. The summed E-state index contributed by atoms with van der Waals surface area (Å²) < 4.78 is 5.34. The monoisotopic (exact) mass is 291 g/mol. The topological polar surface area (TPSA) is 46.6 Å². The molecule has 0 fully saturated rings. The lowest BCUT2D eigenvalue weighted by atomic mass is 10.4. The van der Waals surface area contributed by atoms with E-state index in [1.165, 1.54) is 23.3 Å². The summed E-state index contributed by atoms with van der Waals surface area (Å²) in [7, 11) is 2.75. The van der Waals surface area contributed by atoms with Gasteiger partial charge in [0.2, 0.25) is 0 Å². The number of carbonyl (C=O) groups is 2. The molecule has 0 bridgehead atoms. The zero-order valence-corrected chi connectivity index (χ0v) is 10.7. The van der Waals surface area contributed by atoms with Gasteiger partial charge >= 0.3 is 11.9 Å². The first-order valence-electron chi connectivity index (χ1n) is 4.12. The van der Waals surface area contributed by atoms with Crippen molar-refractivity contribution in [2.75, 3.05) is 14.2 Å². The molecule has 1 aromatic heterocycles. The van der Waals surface area contributed by atoms with Crippen LogP contribution in [-0.2, 0) is 20.9 Å². The van der Waals surface area contributed by atoms with Crippen molar-refractivity contribution in [1.29, 1.82) is 0 Å². The van der Waals surface area contributed by atoms with Crippen molar-refractivity contribution >= 4 is 39.1 Å². The third-order valence-corrected chi connectivity index (χ3v) is 3.34. The van der Waals surface area contributed by atoms with Crippen LogP contribution in [0.5, 0.6) is 0 Å². The van der Waals surface area contributed by atoms with Crippen molar-refractivity contribution < 1.29 is 14.3 Å². The second-order valence-corrected chi connectivity index (χ2v) is 5.41. The molecule has 1 amide bonds. The maximum Gasteiger partial charge on any atom is 0.396 e. The van der Waals surface area contributed by atoms with Gasteiger partial charge in [0, 0.05) is 11.9 Å². The standard InChI is InChI=1S/C9H10BrNO3S/c1-11(8(12)9(13)14-2)5-6-3-4-7(10)15-6/h3-4H,5H2,1-2H3.